The number of aliphatic carboxylic acids is 1. The van der Waals surface area contributed by atoms with E-state index < -0.39 is 12.0 Å². The number of nitrogens with zero attached hydrogens (tertiary/aromatic N) is 2. The lowest BCUT2D eigenvalue weighted by atomic mass is 9.93. The number of nitrogens with one attached hydrogen (secondary N) is 1. The van der Waals surface area contributed by atoms with Crippen LogP contribution in [0.25, 0.3) is 0 Å². The first-order valence-electron chi connectivity index (χ1n) is 8.80. The maximum atomic E-state index is 13.0. The Morgan fingerprint density at radius 1 is 1.04 bits per heavy atom. The highest BCUT2D eigenvalue weighted by Crippen LogP contribution is 2.26. The number of urea groups is 1. The van der Waals surface area contributed by atoms with E-state index in [0.717, 1.165) is 11.1 Å². The summed E-state index contributed by atoms with van der Waals surface area (Å²) >= 11 is 0. The van der Waals surface area contributed by atoms with Gasteiger partial charge >= 0.3 is 12.0 Å². The highest BCUT2D eigenvalue weighted by atomic mass is 16.4. The molecule has 0 bridgehead atoms. The first-order chi connectivity index (χ1) is 13.0. The molecule has 0 spiro atoms. The number of hydrogen-bond donors (Lipinski definition) is 2. The summed E-state index contributed by atoms with van der Waals surface area (Å²) in [6.45, 7) is 1.44. The Balaban J connectivity index is 1.59. The third kappa shape index (κ3) is 3.12. The fourth-order valence-electron chi connectivity index (χ4n) is 3.62. The third-order valence-electron chi connectivity index (χ3n) is 5.08. The highest BCUT2D eigenvalue weighted by molar-refractivity contribution is 5.98. The van der Waals surface area contributed by atoms with Crippen LogP contribution in [0.3, 0.4) is 0 Å². The van der Waals surface area contributed by atoms with Gasteiger partial charge in [0.15, 0.2) is 0 Å². The van der Waals surface area contributed by atoms with Crippen molar-refractivity contribution < 1.29 is 19.5 Å². The molecule has 2 N–H and O–H groups in total. The monoisotopic (exact) mass is 365 g/mol. The molecule has 0 aliphatic carbocycles. The number of carboxylic acid groups (broad SMARTS) is 1. The molecule has 27 heavy (non-hydrogen) atoms. The van der Waals surface area contributed by atoms with Crippen LogP contribution in [0.1, 0.15) is 21.5 Å². The van der Waals surface area contributed by atoms with Gasteiger partial charge in [-0.2, -0.15) is 0 Å². The number of rotatable bonds is 3. The molecule has 0 unspecified atom stereocenters. The van der Waals surface area contributed by atoms with Crippen molar-refractivity contribution in [2.75, 3.05) is 18.0 Å². The average molecular weight is 365 g/mol. The number of carbonyl (C=O) groups excluding carboxylic acids is 2. The zero-order valence-corrected chi connectivity index (χ0v) is 14.6. The molecule has 4 rings (SSSR count). The van der Waals surface area contributed by atoms with Gasteiger partial charge in [0.05, 0.1) is 0 Å². The molecule has 138 valence electrons. The van der Waals surface area contributed by atoms with E-state index in [2.05, 4.69) is 5.32 Å². The number of fused-ring (bicyclic) bond motifs is 1. The standard InChI is InChI=1S/C20H19N3O4/c24-18(13-5-7-16(8-6-13)22-10-9-21-20(22)27)23-12-15-4-2-1-3-14(15)11-17(23)19(25)26/h1-8,17H,9-12H2,(H,21,27)(H,25,26)/t17-/m1/s1. The zero-order valence-electron chi connectivity index (χ0n) is 14.6. The van der Waals surface area contributed by atoms with Gasteiger partial charge in [-0.15, -0.1) is 0 Å². The smallest absolute Gasteiger partial charge is 0.326 e. The lowest BCUT2D eigenvalue weighted by Crippen LogP contribution is -2.48. The second-order valence-corrected chi connectivity index (χ2v) is 6.69. The van der Waals surface area contributed by atoms with Crippen molar-refractivity contribution in [3.8, 4) is 0 Å². The Hall–Kier alpha value is -3.35. The first-order valence-corrected chi connectivity index (χ1v) is 8.80. The summed E-state index contributed by atoms with van der Waals surface area (Å²) in [6, 6.07) is 13.2. The van der Waals surface area contributed by atoms with E-state index in [1.165, 1.54) is 4.90 Å². The Morgan fingerprint density at radius 2 is 1.74 bits per heavy atom. The van der Waals surface area contributed by atoms with Crippen molar-refractivity contribution in [1.29, 1.82) is 0 Å². The molecule has 2 heterocycles. The molecule has 3 amide bonds. The van der Waals surface area contributed by atoms with E-state index in [4.69, 9.17) is 0 Å². The first kappa shape index (κ1) is 17.1. The second-order valence-electron chi connectivity index (χ2n) is 6.69. The predicted octanol–water partition coefficient (Wildman–Crippen LogP) is 1.87. The van der Waals surface area contributed by atoms with Crippen LogP contribution in [0, 0.1) is 0 Å². The molecular formula is C20H19N3O4. The lowest BCUT2D eigenvalue weighted by Gasteiger charge is -2.34. The number of amides is 3. The largest absolute Gasteiger partial charge is 0.480 e. The Kier molecular flexibility index (Phi) is 4.27. The quantitative estimate of drug-likeness (QED) is 0.869. The second kappa shape index (κ2) is 6.75. The normalized spacial score (nSPS) is 18.8. The van der Waals surface area contributed by atoms with Crippen LogP contribution in [-0.4, -0.2) is 47.0 Å². The molecule has 0 aromatic heterocycles. The van der Waals surface area contributed by atoms with Gasteiger partial charge in [0.1, 0.15) is 6.04 Å². The maximum Gasteiger partial charge on any atom is 0.326 e. The SMILES string of the molecule is O=C(O)[C@H]1Cc2ccccc2CN1C(=O)c1ccc(N2CCNC2=O)cc1. The molecule has 7 heteroatoms. The van der Waals surface area contributed by atoms with E-state index in [-0.39, 0.29) is 18.5 Å². The lowest BCUT2D eigenvalue weighted by molar-refractivity contribution is -0.142. The Morgan fingerprint density at radius 3 is 2.37 bits per heavy atom. The van der Waals surface area contributed by atoms with Gasteiger partial charge in [-0.05, 0) is 35.4 Å². The zero-order chi connectivity index (χ0) is 19.0. The molecule has 0 radical (unpaired) electrons. The van der Waals surface area contributed by atoms with Crippen LogP contribution in [0.4, 0.5) is 10.5 Å². The minimum absolute atomic E-state index is 0.160. The van der Waals surface area contributed by atoms with Crippen molar-refractivity contribution in [3.63, 3.8) is 0 Å². The van der Waals surface area contributed by atoms with Gasteiger partial charge < -0.3 is 15.3 Å². The van der Waals surface area contributed by atoms with Gasteiger partial charge in [-0.25, -0.2) is 9.59 Å². The Bertz CT molecular complexity index is 910. The molecule has 1 atom stereocenters. The summed E-state index contributed by atoms with van der Waals surface area (Å²) in [6.07, 6.45) is 0.295. The summed E-state index contributed by atoms with van der Waals surface area (Å²) in [4.78, 5) is 39.5. The van der Waals surface area contributed by atoms with Crippen LogP contribution >= 0.6 is 0 Å². The van der Waals surface area contributed by atoms with Crippen LogP contribution in [0.5, 0.6) is 0 Å². The van der Waals surface area contributed by atoms with Crippen molar-refractivity contribution in [2.24, 2.45) is 0 Å². The van der Waals surface area contributed by atoms with E-state index in [9.17, 15) is 19.5 Å². The summed E-state index contributed by atoms with van der Waals surface area (Å²) in [5.74, 6) is -1.34. The maximum absolute atomic E-state index is 13.0. The summed E-state index contributed by atoms with van der Waals surface area (Å²) in [5, 5.41) is 12.3. The van der Waals surface area contributed by atoms with E-state index in [0.29, 0.717) is 30.8 Å². The van der Waals surface area contributed by atoms with Crippen LogP contribution < -0.4 is 10.2 Å². The molecule has 0 saturated carbocycles. The van der Waals surface area contributed by atoms with Gasteiger partial charge in [0, 0.05) is 37.3 Å². The number of carboxylic acids is 1. The molecule has 1 saturated heterocycles. The van der Waals surface area contributed by atoms with Crippen LogP contribution in [-0.2, 0) is 17.8 Å². The summed E-state index contributed by atoms with van der Waals surface area (Å²) in [7, 11) is 0. The van der Waals surface area contributed by atoms with Gasteiger partial charge in [-0.1, -0.05) is 24.3 Å². The van der Waals surface area contributed by atoms with E-state index in [1.54, 1.807) is 29.2 Å². The minimum atomic E-state index is -1.01. The van der Waals surface area contributed by atoms with Crippen molar-refractivity contribution >= 4 is 23.6 Å². The fraction of sp³-hybridized carbons (Fsp3) is 0.250. The third-order valence-corrected chi connectivity index (χ3v) is 5.08. The van der Waals surface area contributed by atoms with E-state index in [1.807, 2.05) is 24.3 Å². The molecular weight excluding hydrogens is 346 g/mol. The molecule has 2 aromatic rings. The van der Waals surface area contributed by atoms with Crippen molar-refractivity contribution in [1.82, 2.24) is 10.2 Å². The topological polar surface area (TPSA) is 89.9 Å². The fourth-order valence-corrected chi connectivity index (χ4v) is 3.62. The minimum Gasteiger partial charge on any atom is -0.480 e. The number of anilines is 1. The molecule has 7 nitrogen and oxygen atoms in total. The van der Waals surface area contributed by atoms with Gasteiger partial charge in [-0.3, -0.25) is 9.69 Å². The number of benzene rings is 2. The summed E-state index contributed by atoms with van der Waals surface area (Å²) < 4.78 is 0. The van der Waals surface area contributed by atoms with Gasteiger partial charge in [0.25, 0.3) is 5.91 Å². The predicted molar refractivity (Wildman–Crippen MR) is 98.6 cm³/mol. The summed E-state index contributed by atoms with van der Waals surface area (Å²) in [5.41, 5.74) is 3.04. The van der Waals surface area contributed by atoms with Crippen molar-refractivity contribution in [2.45, 2.75) is 19.0 Å². The number of hydrogen-bond acceptors (Lipinski definition) is 3. The van der Waals surface area contributed by atoms with Crippen molar-refractivity contribution in [3.05, 3.63) is 65.2 Å². The van der Waals surface area contributed by atoms with Gasteiger partial charge in [0.2, 0.25) is 0 Å². The molecule has 2 aliphatic rings. The van der Waals surface area contributed by atoms with Crippen LogP contribution in [0.15, 0.2) is 48.5 Å². The average Bonchev–Trinajstić information content (AvgIpc) is 3.12. The van der Waals surface area contributed by atoms with E-state index >= 15 is 0 Å². The molecule has 1 fully saturated rings. The highest BCUT2D eigenvalue weighted by Gasteiger charge is 2.35. The molecule has 2 aliphatic heterocycles. The molecule has 2 aromatic carbocycles. The Labute approximate surface area is 156 Å². The van der Waals surface area contributed by atoms with Crippen LogP contribution in [0.2, 0.25) is 0 Å². The number of carbonyl (C=O) groups is 3.